The van der Waals surface area contributed by atoms with Gasteiger partial charge in [-0.05, 0) is 37.8 Å². The van der Waals surface area contributed by atoms with Gasteiger partial charge in [0.25, 0.3) is 5.91 Å². The van der Waals surface area contributed by atoms with Crippen LogP contribution in [0, 0.1) is 0 Å². The number of hydrogen-bond acceptors (Lipinski definition) is 4. The highest BCUT2D eigenvalue weighted by atomic mass is 35.5. The number of pyridine rings is 1. The molecule has 0 spiro atoms. The minimum absolute atomic E-state index is 0. The van der Waals surface area contributed by atoms with Gasteiger partial charge in [-0.3, -0.25) is 4.79 Å². The normalized spacial score (nSPS) is 18.6. The zero-order valence-electron chi connectivity index (χ0n) is 12.6. The van der Waals surface area contributed by atoms with E-state index in [1.807, 2.05) is 17.0 Å². The van der Waals surface area contributed by atoms with Crippen LogP contribution in [0.2, 0.25) is 0 Å². The lowest BCUT2D eigenvalue weighted by Crippen LogP contribution is -2.43. The number of hydrogen-bond donors (Lipinski definition) is 1. The molecule has 1 amide bonds. The molecule has 3 rings (SSSR count). The number of likely N-dealkylation sites (tertiary alicyclic amines) is 1. The van der Waals surface area contributed by atoms with Crippen LogP contribution in [0.3, 0.4) is 0 Å². The summed E-state index contributed by atoms with van der Waals surface area (Å²) in [6.07, 6.45) is 5.93. The van der Waals surface area contributed by atoms with Crippen molar-refractivity contribution in [2.45, 2.75) is 31.7 Å². The van der Waals surface area contributed by atoms with E-state index in [4.69, 9.17) is 5.73 Å². The molecule has 0 bridgehead atoms. The molecule has 0 aliphatic carbocycles. The van der Waals surface area contributed by atoms with Gasteiger partial charge in [-0.15, -0.1) is 24.8 Å². The first-order chi connectivity index (χ1) is 9.75. The molecule has 2 fully saturated rings. The Morgan fingerprint density at radius 3 is 2.41 bits per heavy atom. The van der Waals surface area contributed by atoms with Gasteiger partial charge in [0.1, 0.15) is 5.82 Å². The number of halogens is 2. The molecule has 0 aromatic carbocycles. The summed E-state index contributed by atoms with van der Waals surface area (Å²) in [5, 5.41) is 0. The van der Waals surface area contributed by atoms with Gasteiger partial charge in [0, 0.05) is 38.4 Å². The fourth-order valence-corrected chi connectivity index (χ4v) is 3.02. The van der Waals surface area contributed by atoms with Crippen LogP contribution in [0.25, 0.3) is 0 Å². The lowest BCUT2D eigenvalue weighted by atomic mass is 10.1. The van der Waals surface area contributed by atoms with Gasteiger partial charge in [0.2, 0.25) is 0 Å². The molecule has 0 radical (unpaired) electrons. The van der Waals surface area contributed by atoms with Crippen LogP contribution < -0.4 is 10.6 Å². The maximum atomic E-state index is 12.7. The topological polar surface area (TPSA) is 62.5 Å². The van der Waals surface area contributed by atoms with Crippen molar-refractivity contribution in [3.8, 4) is 0 Å². The average molecular weight is 347 g/mol. The lowest BCUT2D eigenvalue weighted by molar-refractivity contribution is 0.0715. The van der Waals surface area contributed by atoms with E-state index in [0.29, 0.717) is 0 Å². The Hall–Kier alpha value is -1.04. The van der Waals surface area contributed by atoms with E-state index in [1.165, 1.54) is 12.8 Å². The largest absolute Gasteiger partial charge is 0.356 e. The molecule has 124 valence electrons. The monoisotopic (exact) mass is 346 g/mol. The summed E-state index contributed by atoms with van der Waals surface area (Å²) in [5.41, 5.74) is 6.65. The summed E-state index contributed by atoms with van der Waals surface area (Å²) >= 11 is 0. The van der Waals surface area contributed by atoms with Crippen molar-refractivity contribution in [1.82, 2.24) is 9.88 Å². The smallest absolute Gasteiger partial charge is 0.257 e. The summed E-state index contributed by atoms with van der Waals surface area (Å²) in [5.74, 6) is 0.955. The summed E-state index contributed by atoms with van der Waals surface area (Å²) in [6, 6.07) is 3.99. The molecule has 7 heteroatoms. The molecule has 2 N–H and O–H groups in total. The number of anilines is 1. The zero-order valence-corrected chi connectivity index (χ0v) is 14.2. The van der Waals surface area contributed by atoms with Crippen LogP contribution in [-0.4, -0.2) is 48.0 Å². The van der Waals surface area contributed by atoms with Gasteiger partial charge < -0.3 is 15.5 Å². The molecule has 22 heavy (non-hydrogen) atoms. The Morgan fingerprint density at radius 2 is 1.77 bits per heavy atom. The average Bonchev–Trinajstić information content (AvgIpc) is 3.01. The van der Waals surface area contributed by atoms with E-state index in [1.54, 1.807) is 6.20 Å². The number of rotatable bonds is 2. The number of aromatic nitrogens is 1. The molecule has 3 heterocycles. The molecular formula is C15H24Cl2N4O. The summed E-state index contributed by atoms with van der Waals surface area (Å²) in [7, 11) is 0. The maximum absolute atomic E-state index is 12.7. The zero-order chi connectivity index (χ0) is 13.9. The standard InChI is InChI=1S/C15H22N4O.2ClH/c16-12-5-10-19(11-6-12)15(20)13-4-3-7-17-14(13)18-8-1-2-9-18;;/h3-4,7,12H,1-2,5-6,8-11,16H2;2*1H. The van der Waals surface area contributed by atoms with Crippen LogP contribution in [0.4, 0.5) is 5.82 Å². The van der Waals surface area contributed by atoms with Crippen LogP contribution in [0.5, 0.6) is 0 Å². The number of nitrogens with two attached hydrogens (primary N) is 1. The molecule has 2 aliphatic rings. The highest BCUT2D eigenvalue weighted by molar-refractivity contribution is 5.99. The number of amides is 1. The van der Waals surface area contributed by atoms with E-state index >= 15 is 0 Å². The predicted molar refractivity (Wildman–Crippen MR) is 93.3 cm³/mol. The maximum Gasteiger partial charge on any atom is 0.257 e. The van der Waals surface area contributed by atoms with Gasteiger partial charge in [-0.25, -0.2) is 4.98 Å². The third-order valence-corrected chi connectivity index (χ3v) is 4.25. The van der Waals surface area contributed by atoms with Crippen molar-refractivity contribution in [1.29, 1.82) is 0 Å². The molecule has 1 aromatic rings. The van der Waals surface area contributed by atoms with Crippen LogP contribution in [0.1, 0.15) is 36.0 Å². The molecule has 1 aromatic heterocycles. The Labute approximate surface area is 144 Å². The first-order valence-corrected chi connectivity index (χ1v) is 7.50. The highest BCUT2D eigenvalue weighted by Crippen LogP contribution is 2.24. The van der Waals surface area contributed by atoms with Crippen molar-refractivity contribution in [2.24, 2.45) is 5.73 Å². The predicted octanol–water partition coefficient (Wildman–Crippen LogP) is 2.09. The number of nitrogens with zero attached hydrogens (tertiary/aromatic N) is 3. The molecule has 5 nitrogen and oxygen atoms in total. The van der Waals surface area contributed by atoms with Gasteiger partial charge in [-0.1, -0.05) is 0 Å². The lowest BCUT2D eigenvalue weighted by Gasteiger charge is -2.31. The van der Waals surface area contributed by atoms with E-state index in [0.717, 1.165) is 50.4 Å². The SMILES string of the molecule is Cl.Cl.NC1CCN(C(=O)c2cccnc2N2CCCC2)CC1. The number of carbonyl (C=O) groups excluding carboxylic acids is 1. The first kappa shape index (κ1) is 19.0. The molecule has 0 atom stereocenters. The van der Waals surface area contributed by atoms with E-state index in [2.05, 4.69) is 9.88 Å². The third-order valence-electron chi connectivity index (χ3n) is 4.25. The Bertz CT molecular complexity index is 486. The second kappa shape index (κ2) is 8.56. The van der Waals surface area contributed by atoms with Crippen molar-refractivity contribution < 1.29 is 4.79 Å². The van der Waals surface area contributed by atoms with Crippen molar-refractivity contribution >= 4 is 36.5 Å². The molecule has 2 saturated heterocycles. The minimum Gasteiger partial charge on any atom is -0.356 e. The second-order valence-electron chi connectivity index (χ2n) is 5.70. The van der Waals surface area contributed by atoms with Crippen LogP contribution in [-0.2, 0) is 0 Å². The van der Waals surface area contributed by atoms with Gasteiger partial charge in [0.05, 0.1) is 5.56 Å². The summed E-state index contributed by atoms with van der Waals surface area (Å²) in [4.78, 5) is 21.3. The number of piperidine rings is 1. The van der Waals surface area contributed by atoms with Crippen molar-refractivity contribution in [2.75, 3.05) is 31.1 Å². The number of carbonyl (C=O) groups is 1. The van der Waals surface area contributed by atoms with Crippen molar-refractivity contribution in [3.63, 3.8) is 0 Å². The van der Waals surface area contributed by atoms with Gasteiger partial charge >= 0.3 is 0 Å². The molecule has 2 aliphatic heterocycles. The summed E-state index contributed by atoms with van der Waals surface area (Å²) < 4.78 is 0. The fraction of sp³-hybridized carbons (Fsp3) is 0.600. The molecular weight excluding hydrogens is 323 g/mol. The molecule has 0 saturated carbocycles. The van der Waals surface area contributed by atoms with E-state index in [-0.39, 0.29) is 36.8 Å². The van der Waals surface area contributed by atoms with E-state index in [9.17, 15) is 4.79 Å². The van der Waals surface area contributed by atoms with Gasteiger partial charge in [-0.2, -0.15) is 0 Å². The quantitative estimate of drug-likeness (QED) is 0.890. The first-order valence-electron chi connectivity index (χ1n) is 7.50. The second-order valence-corrected chi connectivity index (χ2v) is 5.70. The van der Waals surface area contributed by atoms with Crippen molar-refractivity contribution in [3.05, 3.63) is 23.9 Å². The molecule has 0 unspecified atom stereocenters. The summed E-state index contributed by atoms with van der Waals surface area (Å²) in [6.45, 7) is 3.52. The Balaban J connectivity index is 0.00000121. The van der Waals surface area contributed by atoms with Crippen LogP contribution >= 0.6 is 24.8 Å². The Morgan fingerprint density at radius 1 is 1.14 bits per heavy atom. The van der Waals surface area contributed by atoms with E-state index < -0.39 is 0 Å². The van der Waals surface area contributed by atoms with Crippen LogP contribution in [0.15, 0.2) is 18.3 Å². The fourth-order valence-electron chi connectivity index (χ4n) is 3.02. The third kappa shape index (κ3) is 4.03. The Kier molecular flexibility index (Phi) is 7.39. The van der Waals surface area contributed by atoms with Gasteiger partial charge in [0.15, 0.2) is 0 Å². The highest BCUT2D eigenvalue weighted by Gasteiger charge is 2.26. The minimum atomic E-state index is 0.